The van der Waals surface area contributed by atoms with Gasteiger partial charge in [-0.05, 0) is 69.7 Å². The summed E-state index contributed by atoms with van der Waals surface area (Å²) in [5.74, 6) is -0.302. The van der Waals surface area contributed by atoms with Crippen LogP contribution in [0.25, 0.3) is 10.9 Å². The summed E-state index contributed by atoms with van der Waals surface area (Å²) in [6, 6.07) is 4.12. The van der Waals surface area contributed by atoms with Crippen LogP contribution in [0.1, 0.15) is 50.3 Å². The second-order valence-corrected chi connectivity index (χ2v) is 8.33. The van der Waals surface area contributed by atoms with Crippen LogP contribution < -0.4 is 4.74 Å². The first-order valence-electron chi connectivity index (χ1n) is 10.1. The van der Waals surface area contributed by atoms with Crippen LogP contribution in [0.15, 0.2) is 18.2 Å². The summed E-state index contributed by atoms with van der Waals surface area (Å²) < 4.78 is 47.5. The van der Waals surface area contributed by atoms with Gasteiger partial charge in [0, 0.05) is 23.1 Å². The van der Waals surface area contributed by atoms with Crippen molar-refractivity contribution in [2.75, 3.05) is 6.54 Å². The van der Waals surface area contributed by atoms with Gasteiger partial charge in [0.05, 0.1) is 0 Å². The SMILES string of the molecule is Cc1[nH]c2ccc(OC(F)(F)F)cc2c1CCN1C(=O)OC2(CCCCC2)[C@@]1(C)O. The quantitative estimate of drug-likeness (QED) is 0.738. The van der Waals surface area contributed by atoms with E-state index in [-0.39, 0.29) is 12.3 Å². The standard InChI is InChI=1S/C21H25F3N2O4/c1-13-15(16-12-14(29-21(22,23)24)6-7-17(16)25-13)8-11-26-18(27)30-20(19(26,2)28)9-4-3-5-10-20/h6-7,12,25,28H,3-5,8-11H2,1-2H3/t19-/m1/s1. The summed E-state index contributed by atoms with van der Waals surface area (Å²) in [7, 11) is 0. The number of aromatic nitrogens is 1. The van der Waals surface area contributed by atoms with Crippen molar-refractivity contribution in [3.05, 3.63) is 29.5 Å². The fourth-order valence-corrected chi connectivity index (χ4v) is 4.85. The Morgan fingerprint density at radius 1 is 1.27 bits per heavy atom. The van der Waals surface area contributed by atoms with Gasteiger partial charge in [-0.3, -0.25) is 4.90 Å². The van der Waals surface area contributed by atoms with Gasteiger partial charge in [0.2, 0.25) is 0 Å². The molecular formula is C21H25F3N2O4. The van der Waals surface area contributed by atoms with Gasteiger partial charge >= 0.3 is 12.5 Å². The number of fused-ring (bicyclic) bond motifs is 1. The van der Waals surface area contributed by atoms with Crippen LogP contribution in [0, 0.1) is 6.92 Å². The van der Waals surface area contributed by atoms with Crippen molar-refractivity contribution >= 4 is 17.0 Å². The highest BCUT2D eigenvalue weighted by molar-refractivity contribution is 5.86. The van der Waals surface area contributed by atoms with E-state index in [9.17, 15) is 23.1 Å². The number of aliphatic hydroxyl groups is 1. The van der Waals surface area contributed by atoms with E-state index in [4.69, 9.17) is 4.74 Å². The van der Waals surface area contributed by atoms with Crippen molar-refractivity contribution in [1.29, 1.82) is 0 Å². The molecule has 9 heteroatoms. The van der Waals surface area contributed by atoms with Gasteiger partial charge < -0.3 is 19.6 Å². The lowest BCUT2D eigenvalue weighted by molar-refractivity contribution is -0.274. The average Bonchev–Trinajstić information content (AvgIpc) is 3.04. The van der Waals surface area contributed by atoms with Crippen LogP contribution in [-0.4, -0.2) is 45.3 Å². The number of ether oxygens (including phenoxy) is 2. The molecule has 0 radical (unpaired) electrons. The molecule has 1 saturated carbocycles. The number of aryl methyl sites for hydroxylation is 1. The first-order chi connectivity index (χ1) is 14.0. The molecule has 2 fully saturated rings. The van der Waals surface area contributed by atoms with Gasteiger partial charge in [0.15, 0.2) is 11.3 Å². The van der Waals surface area contributed by atoms with Gasteiger partial charge in [-0.15, -0.1) is 13.2 Å². The first kappa shape index (κ1) is 20.8. The van der Waals surface area contributed by atoms with Gasteiger partial charge in [0.1, 0.15) is 5.75 Å². The minimum Gasteiger partial charge on any atom is -0.438 e. The van der Waals surface area contributed by atoms with E-state index >= 15 is 0 Å². The molecule has 1 atom stereocenters. The number of H-pyrrole nitrogens is 1. The van der Waals surface area contributed by atoms with Crippen LogP contribution in [0.5, 0.6) is 5.75 Å². The Morgan fingerprint density at radius 3 is 2.63 bits per heavy atom. The zero-order valence-corrected chi connectivity index (χ0v) is 16.9. The second kappa shape index (κ2) is 7.08. The van der Waals surface area contributed by atoms with Gasteiger partial charge in [-0.2, -0.15) is 0 Å². The Hall–Kier alpha value is -2.42. The highest BCUT2D eigenvalue weighted by Gasteiger charge is 2.61. The third kappa shape index (κ3) is 3.49. The Kier molecular flexibility index (Phi) is 4.91. The summed E-state index contributed by atoms with van der Waals surface area (Å²) >= 11 is 0. The number of benzene rings is 1. The molecule has 1 aliphatic heterocycles. The van der Waals surface area contributed by atoms with Crippen molar-refractivity contribution < 1.29 is 32.5 Å². The maximum atomic E-state index is 12.6. The number of nitrogens with zero attached hydrogens (tertiary/aromatic N) is 1. The zero-order chi connectivity index (χ0) is 21.7. The number of alkyl halides is 3. The van der Waals surface area contributed by atoms with Crippen LogP contribution in [0.2, 0.25) is 0 Å². The minimum absolute atomic E-state index is 0.186. The van der Waals surface area contributed by atoms with E-state index in [2.05, 4.69) is 9.72 Å². The molecule has 1 aromatic carbocycles. The molecule has 1 spiro atoms. The second-order valence-electron chi connectivity index (χ2n) is 8.33. The van der Waals surface area contributed by atoms with E-state index in [1.165, 1.54) is 23.1 Å². The highest BCUT2D eigenvalue weighted by Crippen LogP contribution is 2.47. The Morgan fingerprint density at radius 2 is 1.97 bits per heavy atom. The summed E-state index contributed by atoms with van der Waals surface area (Å²) in [4.78, 5) is 17.1. The summed E-state index contributed by atoms with van der Waals surface area (Å²) in [5, 5.41) is 11.8. The largest absolute Gasteiger partial charge is 0.573 e. The van der Waals surface area contributed by atoms with Crippen molar-refractivity contribution in [3.8, 4) is 5.75 Å². The molecule has 1 aromatic heterocycles. The van der Waals surface area contributed by atoms with Crippen LogP contribution in [0.4, 0.5) is 18.0 Å². The predicted molar refractivity (Wildman–Crippen MR) is 103 cm³/mol. The Bertz CT molecular complexity index is 961. The lowest BCUT2D eigenvalue weighted by Gasteiger charge is -2.42. The molecule has 1 saturated heterocycles. The molecular weight excluding hydrogens is 401 g/mol. The molecule has 2 heterocycles. The number of halogens is 3. The normalized spacial score (nSPS) is 23.9. The summed E-state index contributed by atoms with van der Waals surface area (Å²) in [6.07, 6.45) is -0.915. The Labute approximate surface area is 171 Å². The molecule has 2 N–H and O–H groups in total. The summed E-state index contributed by atoms with van der Waals surface area (Å²) in [5.41, 5.74) is -0.100. The molecule has 4 rings (SSSR count). The molecule has 6 nitrogen and oxygen atoms in total. The van der Waals surface area contributed by atoms with Crippen LogP contribution in [-0.2, 0) is 11.2 Å². The predicted octanol–water partition coefficient (Wildman–Crippen LogP) is 4.78. The van der Waals surface area contributed by atoms with E-state index < -0.39 is 23.8 Å². The molecule has 164 valence electrons. The number of hydrogen-bond acceptors (Lipinski definition) is 4. The van der Waals surface area contributed by atoms with Crippen molar-refractivity contribution in [1.82, 2.24) is 9.88 Å². The number of carbonyl (C=O) groups excluding carboxylic acids is 1. The smallest absolute Gasteiger partial charge is 0.438 e. The van der Waals surface area contributed by atoms with Crippen LogP contribution in [0.3, 0.4) is 0 Å². The lowest BCUT2D eigenvalue weighted by atomic mass is 9.77. The number of nitrogens with one attached hydrogen (secondary N) is 1. The molecule has 0 bridgehead atoms. The third-order valence-corrected chi connectivity index (χ3v) is 6.46. The fourth-order valence-electron chi connectivity index (χ4n) is 4.85. The number of rotatable bonds is 4. The summed E-state index contributed by atoms with van der Waals surface area (Å²) in [6.45, 7) is 3.62. The fraction of sp³-hybridized carbons (Fsp3) is 0.571. The van der Waals surface area contributed by atoms with Crippen molar-refractivity contribution in [3.63, 3.8) is 0 Å². The monoisotopic (exact) mass is 426 g/mol. The molecule has 2 aliphatic rings. The number of amides is 1. The zero-order valence-electron chi connectivity index (χ0n) is 16.9. The van der Waals surface area contributed by atoms with Gasteiger partial charge in [0.25, 0.3) is 0 Å². The van der Waals surface area contributed by atoms with E-state index in [0.29, 0.717) is 30.2 Å². The maximum Gasteiger partial charge on any atom is 0.573 e. The topological polar surface area (TPSA) is 74.8 Å². The Balaban J connectivity index is 1.58. The molecule has 0 unspecified atom stereocenters. The van der Waals surface area contributed by atoms with Crippen molar-refractivity contribution in [2.45, 2.75) is 70.1 Å². The minimum atomic E-state index is -4.77. The molecule has 2 aromatic rings. The maximum absolute atomic E-state index is 12.6. The number of carbonyl (C=O) groups is 1. The first-order valence-corrected chi connectivity index (χ1v) is 10.1. The van der Waals surface area contributed by atoms with Crippen LogP contribution >= 0.6 is 0 Å². The lowest BCUT2D eigenvalue weighted by Crippen LogP contribution is -2.57. The average molecular weight is 426 g/mol. The highest BCUT2D eigenvalue weighted by atomic mass is 19.4. The molecule has 1 amide bonds. The molecule has 1 aliphatic carbocycles. The number of hydrogen-bond donors (Lipinski definition) is 2. The number of aromatic amines is 1. The molecule has 30 heavy (non-hydrogen) atoms. The van der Waals surface area contributed by atoms with Gasteiger partial charge in [-0.25, -0.2) is 4.79 Å². The van der Waals surface area contributed by atoms with E-state index in [0.717, 1.165) is 30.5 Å². The van der Waals surface area contributed by atoms with E-state index in [1.54, 1.807) is 6.92 Å². The third-order valence-electron chi connectivity index (χ3n) is 6.46. The van der Waals surface area contributed by atoms with Gasteiger partial charge in [-0.1, -0.05) is 6.42 Å². The van der Waals surface area contributed by atoms with Crippen molar-refractivity contribution in [2.24, 2.45) is 0 Å². The van der Waals surface area contributed by atoms with E-state index in [1.807, 2.05) is 6.92 Å².